The second kappa shape index (κ2) is 10.1. The molecule has 2 aromatic carbocycles. The number of rotatable bonds is 5. The Balaban J connectivity index is 1.82. The maximum Gasteiger partial charge on any atom is 0.133 e. The van der Waals surface area contributed by atoms with Gasteiger partial charge in [-0.05, 0) is 59.9 Å². The van der Waals surface area contributed by atoms with Crippen molar-refractivity contribution in [2.24, 2.45) is 5.73 Å². The number of ether oxygens (including phenoxy) is 1. The molecule has 2 atom stereocenters. The average molecular weight is 461 g/mol. The lowest BCUT2D eigenvalue weighted by atomic mass is 9.90. The van der Waals surface area contributed by atoms with E-state index in [9.17, 15) is 5.26 Å². The van der Waals surface area contributed by atoms with E-state index in [0.717, 1.165) is 29.7 Å². The van der Waals surface area contributed by atoms with Crippen LogP contribution < -0.4 is 15.9 Å². The van der Waals surface area contributed by atoms with E-state index < -0.39 is 11.7 Å². The molecule has 2 unspecified atom stereocenters. The van der Waals surface area contributed by atoms with Crippen molar-refractivity contribution in [1.29, 1.82) is 5.26 Å². The lowest BCUT2D eigenvalue weighted by Crippen LogP contribution is -2.36. The van der Waals surface area contributed by atoms with Gasteiger partial charge in [-0.25, -0.2) is 14.4 Å². The van der Waals surface area contributed by atoms with Gasteiger partial charge in [0.1, 0.15) is 12.1 Å². The Morgan fingerprint density at radius 3 is 2.76 bits per heavy atom. The molecule has 3 aromatic rings. The first-order chi connectivity index (χ1) is 16.1. The molecule has 8 heteroatoms. The summed E-state index contributed by atoms with van der Waals surface area (Å²) in [6, 6.07) is 11.3. The summed E-state index contributed by atoms with van der Waals surface area (Å²) in [4.78, 5) is 11.1. The first-order valence-electron chi connectivity index (χ1n) is 10.7. The standard InChI is InChI=1S/C25H25FN5OP/c1-2-3-16(13-27)21(14-28)19-11-20(22(26)12-24(19)33)25-18-5-4-17(10-23(18)29-15-30-25)31-6-8-32-9-7-31/h2-5,10-13,15,21H,6-9,27,33H2,1H3/b3-2-,16-13+. The number of aromatic nitrogens is 2. The lowest BCUT2D eigenvalue weighted by Gasteiger charge is -2.29. The van der Waals surface area contributed by atoms with Crippen LogP contribution in [-0.4, -0.2) is 36.3 Å². The van der Waals surface area contributed by atoms with Crippen LogP contribution in [-0.2, 0) is 4.74 Å². The molecule has 6 nitrogen and oxygen atoms in total. The molecule has 1 fully saturated rings. The lowest BCUT2D eigenvalue weighted by molar-refractivity contribution is 0.122. The molecule has 1 aliphatic rings. The van der Waals surface area contributed by atoms with Gasteiger partial charge < -0.3 is 15.4 Å². The Hall–Kier alpha value is -3.33. The van der Waals surface area contributed by atoms with Crippen LogP contribution in [0.4, 0.5) is 10.1 Å². The second-order valence-corrected chi connectivity index (χ2v) is 8.33. The third-order valence-electron chi connectivity index (χ3n) is 5.75. The topological polar surface area (TPSA) is 88.1 Å². The highest BCUT2D eigenvalue weighted by atomic mass is 31.0. The van der Waals surface area contributed by atoms with Gasteiger partial charge >= 0.3 is 0 Å². The number of nitrogens with zero attached hydrogens (tertiary/aromatic N) is 4. The highest BCUT2D eigenvalue weighted by Crippen LogP contribution is 2.33. The van der Waals surface area contributed by atoms with E-state index in [4.69, 9.17) is 10.5 Å². The maximum atomic E-state index is 15.2. The molecular weight excluding hydrogens is 436 g/mol. The number of halogens is 1. The summed E-state index contributed by atoms with van der Waals surface area (Å²) in [6.45, 7) is 4.86. The molecule has 0 spiro atoms. The van der Waals surface area contributed by atoms with E-state index in [2.05, 4.69) is 30.2 Å². The Morgan fingerprint density at radius 1 is 1.27 bits per heavy atom. The van der Waals surface area contributed by atoms with Crippen LogP contribution in [0.2, 0.25) is 0 Å². The molecule has 2 heterocycles. The zero-order chi connectivity index (χ0) is 23.4. The molecule has 1 aliphatic heterocycles. The fraction of sp³-hybridized carbons (Fsp3) is 0.240. The van der Waals surface area contributed by atoms with Crippen molar-refractivity contribution in [3.05, 3.63) is 72.0 Å². The number of morpholine rings is 1. The second-order valence-electron chi connectivity index (χ2n) is 7.71. The highest BCUT2D eigenvalue weighted by molar-refractivity contribution is 7.27. The zero-order valence-electron chi connectivity index (χ0n) is 18.3. The first-order valence-corrected chi connectivity index (χ1v) is 11.3. The van der Waals surface area contributed by atoms with Crippen LogP contribution in [0, 0.1) is 17.1 Å². The molecule has 0 saturated carbocycles. The van der Waals surface area contributed by atoms with Crippen LogP contribution in [0.15, 0.2) is 60.6 Å². The third kappa shape index (κ3) is 4.59. The molecule has 4 rings (SSSR count). The quantitative estimate of drug-likeness (QED) is 0.459. The summed E-state index contributed by atoms with van der Waals surface area (Å²) >= 11 is 0. The van der Waals surface area contributed by atoms with E-state index in [-0.39, 0.29) is 0 Å². The summed E-state index contributed by atoms with van der Waals surface area (Å²) in [6.07, 6.45) is 6.46. The van der Waals surface area contributed by atoms with Gasteiger partial charge in [-0.15, -0.1) is 9.24 Å². The van der Waals surface area contributed by atoms with Crippen LogP contribution in [0.1, 0.15) is 18.4 Å². The minimum Gasteiger partial charge on any atom is -0.404 e. The summed E-state index contributed by atoms with van der Waals surface area (Å²) in [7, 11) is 2.52. The minimum atomic E-state index is -0.640. The van der Waals surface area contributed by atoms with Crippen LogP contribution in [0.3, 0.4) is 0 Å². The SMILES string of the molecule is C/C=C\C(=C/N)C(C#N)c1cc(-c2ncnc3cc(N4CCOCC4)ccc23)c(F)cc1P. The maximum absolute atomic E-state index is 15.2. The minimum absolute atomic E-state index is 0.319. The van der Waals surface area contributed by atoms with Crippen LogP contribution in [0.5, 0.6) is 0 Å². The summed E-state index contributed by atoms with van der Waals surface area (Å²) in [5.74, 6) is -1.05. The molecular formula is C25H25FN5OP. The van der Waals surface area contributed by atoms with Gasteiger partial charge in [-0.2, -0.15) is 5.26 Å². The Bertz CT molecular complexity index is 1280. The fourth-order valence-corrected chi connectivity index (χ4v) is 4.48. The zero-order valence-corrected chi connectivity index (χ0v) is 19.5. The fourth-order valence-electron chi connectivity index (χ4n) is 4.08. The van der Waals surface area contributed by atoms with Crippen molar-refractivity contribution in [1.82, 2.24) is 9.97 Å². The monoisotopic (exact) mass is 461 g/mol. The van der Waals surface area contributed by atoms with Crippen LogP contribution >= 0.6 is 9.24 Å². The molecule has 2 N–H and O–H groups in total. The van der Waals surface area contributed by atoms with Crippen molar-refractivity contribution >= 4 is 31.1 Å². The summed E-state index contributed by atoms with van der Waals surface area (Å²) in [5.41, 5.74) is 9.65. The van der Waals surface area contributed by atoms with E-state index in [0.29, 0.717) is 40.9 Å². The Kier molecular flexibility index (Phi) is 6.98. The van der Waals surface area contributed by atoms with Crippen molar-refractivity contribution in [2.45, 2.75) is 12.8 Å². The predicted molar refractivity (Wildman–Crippen MR) is 133 cm³/mol. The number of nitriles is 1. The van der Waals surface area contributed by atoms with Crippen molar-refractivity contribution in [3.63, 3.8) is 0 Å². The van der Waals surface area contributed by atoms with E-state index in [1.54, 1.807) is 12.1 Å². The van der Waals surface area contributed by atoms with Gasteiger partial charge in [0, 0.05) is 29.7 Å². The van der Waals surface area contributed by atoms with Gasteiger partial charge in [-0.1, -0.05) is 12.2 Å². The van der Waals surface area contributed by atoms with Crippen LogP contribution in [0.25, 0.3) is 22.2 Å². The van der Waals surface area contributed by atoms with E-state index in [1.807, 2.05) is 31.2 Å². The van der Waals surface area contributed by atoms with Crippen molar-refractivity contribution < 1.29 is 9.13 Å². The smallest absolute Gasteiger partial charge is 0.133 e. The van der Waals surface area contributed by atoms with Gasteiger partial charge in [0.05, 0.1) is 36.4 Å². The predicted octanol–water partition coefficient (Wildman–Crippen LogP) is 3.80. The Labute approximate surface area is 194 Å². The molecule has 0 bridgehead atoms. The molecule has 33 heavy (non-hydrogen) atoms. The van der Waals surface area contributed by atoms with E-state index in [1.165, 1.54) is 18.6 Å². The van der Waals surface area contributed by atoms with Crippen molar-refractivity contribution in [2.75, 3.05) is 31.2 Å². The molecule has 0 radical (unpaired) electrons. The number of hydrogen-bond acceptors (Lipinski definition) is 6. The highest BCUT2D eigenvalue weighted by Gasteiger charge is 2.21. The molecule has 1 aromatic heterocycles. The normalized spacial score (nSPS) is 15.7. The number of anilines is 1. The van der Waals surface area contributed by atoms with Gasteiger partial charge in [0.25, 0.3) is 0 Å². The number of nitrogens with two attached hydrogens (primary N) is 1. The number of hydrogen-bond donors (Lipinski definition) is 1. The summed E-state index contributed by atoms with van der Waals surface area (Å²) in [5, 5.41) is 11.2. The third-order valence-corrected chi connectivity index (χ3v) is 6.25. The van der Waals surface area contributed by atoms with Gasteiger partial charge in [-0.3, -0.25) is 0 Å². The summed E-state index contributed by atoms with van der Waals surface area (Å²) < 4.78 is 20.6. The molecule has 0 amide bonds. The van der Waals surface area contributed by atoms with E-state index >= 15 is 4.39 Å². The molecule has 0 aliphatic carbocycles. The molecule has 1 saturated heterocycles. The number of fused-ring (bicyclic) bond motifs is 1. The average Bonchev–Trinajstić information content (AvgIpc) is 2.85. The number of benzene rings is 2. The van der Waals surface area contributed by atoms with Gasteiger partial charge in [0.2, 0.25) is 0 Å². The molecule has 168 valence electrons. The van der Waals surface area contributed by atoms with Crippen molar-refractivity contribution in [3.8, 4) is 17.3 Å². The first kappa shape index (κ1) is 22.8. The Morgan fingerprint density at radius 2 is 2.06 bits per heavy atom. The number of allylic oxidation sites excluding steroid dienone is 3. The largest absolute Gasteiger partial charge is 0.404 e. The van der Waals surface area contributed by atoms with Gasteiger partial charge in [0.15, 0.2) is 0 Å².